The van der Waals surface area contributed by atoms with Crippen molar-refractivity contribution in [1.29, 1.82) is 0 Å². The molecule has 1 aliphatic carbocycles. The van der Waals surface area contributed by atoms with E-state index >= 15 is 0 Å². The molecule has 1 saturated heterocycles. The van der Waals surface area contributed by atoms with Gasteiger partial charge in [0.2, 0.25) is 0 Å². The summed E-state index contributed by atoms with van der Waals surface area (Å²) in [6.45, 7) is 8.08. The number of aromatic nitrogens is 1. The molecule has 2 fully saturated rings. The first-order chi connectivity index (χ1) is 16.7. The van der Waals surface area contributed by atoms with Crippen molar-refractivity contribution >= 4 is 0 Å². The van der Waals surface area contributed by atoms with Crippen LogP contribution in [-0.4, -0.2) is 35.1 Å². The molecule has 0 spiro atoms. The summed E-state index contributed by atoms with van der Waals surface area (Å²) in [5, 5.41) is 12.4. The minimum absolute atomic E-state index is 0.213. The molecule has 0 amide bonds. The summed E-state index contributed by atoms with van der Waals surface area (Å²) >= 11 is 0. The first-order valence-corrected chi connectivity index (χ1v) is 12.4. The Morgan fingerprint density at radius 2 is 1.66 bits per heavy atom. The zero-order valence-electron chi connectivity index (χ0n) is 21.0. The van der Waals surface area contributed by atoms with Gasteiger partial charge in [-0.05, 0) is 60.7 Å². The van der Waals surface area contributed by atoms with Gasteiger partial charge in [-0.2, -0.15) is 0 Å². The fourth-order valence-corrected chi connectivity index (χ4v) is 5.62. The highest BCUT2D eigenvalue weighted by Crippen LogP contribution is 2.50. The number of benzene rings is 2. The van der Waals surface area contributed by atoms with E-state index in [0.717, 1.165) is 48.2 Å². The lowest BCUT2D eigenvalue weighted by atomic mass is 9.62. The van der Waals surface area contributed by atoms with Crippen LogP contribution in [-0.2, 0) is 11.0 Å². The van der Waals surface area contributed by atoms with E-state index < -0.39 is 5.60 Å². The van der Waals surface area contributed by atoms with Crippen LogP contribution in [0.5, 0.6) is 0 Å². The normalized spacial score (nSPS) is 19.9. The Kier molecular flexibility index (Phi) is 5.82. The molecule has 35 heavy (non-hydrogen) atoms. The van der Waals surface area contributed by atoms with Gasteiger partial charge in [-0.1, -0.05) is 69.0 Å². The van der Waals surface area contributed by atoms with Crippen LogP contribution in [0.4, 0.5) is 4.39 Å². The van der Waals surface area contributed by atoms with Crippen molar-refractivity contribution in [2.75, 3.05) is 20.1 Å². The molecule has 0 radical (unpaired) electrons. The Balaban J connectivity index is 1.52. The number of pyridine rings is 1. The molecule has 2 heterocycles. The first-order valence-electron chi connectivity index (χ1n) is 12.4. The van der Waals surface area contributed by atoms with Crippen LogP contribution in [0, 0.1) is 23.1 Å². The lowest BCUT2D eigenvalue weighted by Crippen LogP contribution is -2.63. The molecule has 2 aromatic carbocycles. The van der Waals surface area contributed by atoms with Gasteiger partial charge in [-0.3, -0.25) is 4.98 Å². The van der Waals surface area contributed by atoms with Gasteiger partial charge in [0.25, 0.3) is 0 Å². The molecular formula is C31H33FN2O. The number of nitrogens with zero attached hydrogens (tertiary/aromatic N) is 2. The van der Waals surface area contributed by atoms with E-state index in [-0.39, 0.29) is 16.6 Å². The fourth-order valence-electron chi connectivity index (χ4n) is 5.62. The lowest BCUT2D eigenvalue weighted by Gasteiger charge is -2.55. The number of hydrogen-bond acceptors (Lipinski definition) is 3. The summed E-state index contributed by atoms with van der Waals surface area (Å²) in [7, 11) is 2.08. The van der Waals surface area contributed by atoms with Crippen molar-refractivity contribution in [3.05, 3.63) is 101 Å². The van der Waals surface area contributed by atoms with Crippen LogP contribution in [0.3, 0.4) is 0 Å². The average Bonchev–Trinajstić information content (AvgIpc) is 3.63. The molecule has 0 bridgehead atoms. The van der Waals surface area contributed by atoms with Gasteiger partial charge in [0.05, 0.1) is 5.41 Å². The molecular weight excluding hydrogens is 435 g/mol. The zero-order chi connectivity index (χ0) is 24.8. The largest absolute Gasteiger partial charge is 0.380 e. The van der Waals surface area contributed by atoms with Crippen LogP contribution in [0.25, 0.3) is 0 Å². The van der Waals surface area contributed by atoms with E-state index in [2.05, 4.69) is 73.8 Å². The second-order valence-electron chi connectivity index (χ2n) is 11.0. The zero-order valence-corrected chi connectivity index (χ0v) is 21.0. The van der Waals surface area contributed by atoms with E-state index in [1.165, 1.54) is 17.7 Å². The SMILES string of the molecule is CC(C)c1ccc([C@](O)(c2cncc(C#CC3(c4ccc(F)cc4)CC3)c2)C2(C)CN(C)C2)cc1. The lowest BCUT2D eigenvalue weighted by molar-refractivity contribution is -0.127. The third kappa shape index (κ3) is 4.18. The van der Waals surface area contributed by atoms with Gasteiger partial charge in [-0.15, -0.1) is 0 Å². The molecule has 3 nitrogen and oxygen atoms in total. The van der Waals surface area contributed by atoms with Crippen molar-refractivity contribution in [2.24, 2.45) is 5.41 Å². The van der Waals surface area contributed by atoms with Crippen molar-refractivity contribution in [1.82, 2.24) is 9.88 Å². The Bertz CT molecular complexity index is 1280. The summed E-state index contributed by atoms with van der Waals surface area (Å²) in [4.78, 5) is 6.72. The van der Waals surface area contributed by atoms with Gasteiger partial charge >= 0.3 is 0 Å². The van der Waals surface area contributed by atoms with Crippen molar-refractivity contribution in [2.45, 2.75) is 50.5 Å². The molecule has 2 aliphatic rings. The highest BCUT2D eigenvalue weighted by molar-refractivity contribution is 5.48. The van der Waals surface area contributed by atoms with Crippen molar-refractivity contribution in [3.63, 3.8) is 0 Å². The molecule has 180 valence electrons. The maximum atomic E-state index is 13.4. The highest BCUT2D eigenvalue weighted by atomic mass is 19.1. The molecule has 4 heteroatoms. The van der Waals surface area contributed by atoms with E-state index in [1.54, 1.807) is 12.4 Å². The Labute approximate surface area is 208 Å². The molecule has 1 aromatic heterocycles. The standard InChI is InChI=1S/C31H33FN2O/c1-22(2)24-5-7-26(8-6-24)31(35,29(3)20-34(4)21-29)27-17-23(18-33-19-27)13-14-30(15-16-30)25-9-11-28(32)12-10-25/h5-12,17-19,22,35H,15-16,20-21H2,1-4H3/t31-/m0/s1. The number of halogens is 1. The van der Waals surface area contributed by atoms with E-state index in [9.17, 15) is 9.50 Å². The Hall–Kier alpha value is -3.00. The van der Waals surface area contributed by atoms with Gasteiger partial charge in [0.1, 0.15) is 11.4 Å². The second-order valence-corrected chi connectivity index (χ2v) is 11.0. The second kappa shape index (κ2) is 8.59. The highest BCUT2D eigenvalue weighted by Gasteiger charge is 2.55. The van der Waals surface area contributed by atoms with Gasteiger partial charge in [0.15, 0.2) is 0 Å². The molecule has 5 rings (SSSR count). The number of hydrogen-bond donors (Lipinski definition) is 1. The molecule has 1 saturated carbocycles. The summed E-state index contributed by atoms with van der Waals surface area (Å²) in [5.74, 6) is 6.95. The van der Waals surface area contributed by atoms with E-state index in [4.69, 9.17) is 0 Å². The predicted molar refractivity (Wildman–Crippen MR) is 138 cm³/mol. The van der Waals surface area contributed by atoms with Gasteiger partial charge < -0.3 is 10.0 Å². The number of rotatable bonds is 5. The van der Waals surface area contributed by atoms with Crippen molar-refractivity contribution < 1.29 is 9.50 Å². The minimum Gasteiger partial charge on any atom is -0.380 e. The first kappa shape index (κ1) is 23.7. The molecule has 0 unspecified atom stereocenters. The Morgan fingerprint density at radius 1 is 1.00 bits per heavy atom. The predicted octanol–water partition coefficient (Wildman–Crippen LogP) is 5.62. The van der Waals surface area contributed by atoms with Crippen LogP contribution >= 0.6 is 0 Å². The van der Waals surface area contributed by atoms with Crippen LogP contribution in [0.15, 0.2) is 67.0 Å². The third-order valence-corrected chi connectivity index (χ3v) is 7.86. The van der Waals surface area contributed by atoms with Crippen LogP contribution in [0.1, 0.15) is 67.3 Å². The number of aliphatic hydroxyl groups is 1. The average molecular weight is 469 g/mol. The maximum Gasteiger partial charge on any atom is 0.124 e. The molecule has 1 atom stereocenters. The van der Waals surface area contributed by atoms with Crippen molar-refractivity contribution in [3.8, 4) is 11.8 Å². The molecule has 3 aromatic rings. The topological polar surface area (TPSA) is 36.4 Å². The van der Waals surface area contributed by atoms with Crippen LogP contribution in [0.2, 0.25) is 0 Å². The van der Waals surface area contributed by atoms with Gasteiger partial charge in [0, 0.05) is 42.0 Å². The summed E-state index contributed by atoms with van der Waals surface area (Å²) < 4.78 is 13.4. The minimum atomic E-state index is -1.19. The fraction of sp³-hybridized carbons (Fsp3) is 0.387. The quantitative estimate of drug-likeness (QED) is 0.494. The van der Waals surface area contributed by atoms with Gasteiger partial charge in [-0.25, -0.2) is 4.39 Å². The monoisotopic (exact) mass is 468 g/mol. The summed E-state index contributed by atoms with van der Waals surface area (Å²) in [6, 6.07) is 17.0. The molecule has 1 N–H and O–H groups in total. The third-order valence-electron chi connectivity index (χ3n) is 7.86. The van der Waals surface area contributed by atoms with E-state index in [1.807, 2.05) is 18.2 Å². The molecule has 1 aliphatic heterocycles. The maximum absolute atomic E-state index is 13.4. The van der Waals surface area contributed by atoms with Crippen LogP contribution < -0.4 is 0 Å². The Morgan fingerprint density at radius 3 is 2.23 bits per heavy atom. The summed E-state index contributed by atoms with van der Waals surface area (Å²) in [5.41, 5.74) is 2.99. The number of likely N-dealkylation sites (tertiary alicyclic amines) is 1. The van der Waals surface area contributed by atoms with E-state index in [0.29, 0.717) is 5.92 Å². The summed E-state index contributed by atoms with van der Waals surface area (Å²) in [6.07, 6.45) is 5.47. The smallest absolute Gasteiger partial charge is 0.124 e.